The van der Waals surface area contributed by atoms with Crippen LogP contribution in [-0.2, 0) is 11.2 Å². The van der Waals surface area contributed by atoms with E-state index in [1.54, 1.807) is 24.3 Å². The van der Waals surface area contributed by atoms with Gasteiger partial charge in [-0.05, 0) is 79.7 Å². The third-order valence-electron chi connectivity index (χ3n) is 6.10. The molecule has 0 aliphatic heterocycles. The maximum atomic E-state index is 12.6. The van der Waals surface area contributed by atoms with E-state index >= 15 is 0 Å². The normalized spacial score (nSPS) is 15.0. The minimum atomic E-state index is -0.316. The van der Waals surface area contributed by atoms with E-state index in [0.29, 0.717) is 11.5 Å². The Bertz CT molecular complexity index is 948. The fraction of sp³-hybridized carbons (Fsp3) is 0.444. The summed E-state index contributed by atoms with van der Waals surface area (Å²) in [5, 5.41) is 9.15. The van der Waals surface area contributed by atoms with Crippen molar-refractivity contribution in [3.8, 4) is 0 Å². The van der Waals surface area contributed by atoms with Crippen LogP contribution in [0.4, 0.5) is 5.69 Å². The maximum Gasteiger partial charge on any atom is 0.251 e. The molecule has 33 heavy (non-hydrogen) atoms. The number of hydrogen-bond donors (Lipinski definition) is 3. The minimum Gasteiger partial charge on any atom is -0.349 e. The molecule has 0 bridgehead atoms. The molecule has 2 amide bonds. The van der Waals surface area contributed by atoms with Crippen molar-refractivity contribution in [3.05, 3.63) is 65.2 Å². The molecule has 3 N–H and O–H groups in total. The number of rotatable bonds is 7. The zero-order valence-electron chi connectivity index (χ0n) is 19.8. The average Bonchev–Trinajstić information content (AvgIpc) is 2.79. The Morgan fingerprint density at radius 3 is 2.18 bits per heavy atom. The predicted molar refractivity (Wildman–Crippen MR) is 139 cm³/mol. The van der Waals surface area contributed by atoms with Crippen molar-refractivity contribution in [1.29, 1.82) is 0 Å². The maximum absolute atomic E-state index is 12.6. The molecule has 1 aliphatic rings. The average molecular weight is 466 g/mol. The van der Waals surface area contributed by atoms with Crippen LogP contribution in [0.2, 0.25) is 0 Å². The minimum absolute atomic E-state index is 0.0439. The summed E-state index contributed by atoms with van der Waals surface area (Å²) in [6.07, 6.45) is 6.75. The molecule has 1 saturated carbocycles. The van der Waals surface area contributed by atoms with Gasteiger partial charge >= 0.3 is 0 Å². The summed E-state index contributed by atoms with van der Waals surface area (Å²) < 4.78 is 0. The zero-order valence-corrected chi connectivity index (χ0v) is 20.6. The van der Waals surface area contributed by atoms with Crippen LogP contribution in [0.25, 0.3) is 0 Å². The number of carbonyl (C=O) groups excluding carboxylic acids is 2. The number of anilines is 1. The highest BCUT2D eigenvalue weighted by Gasteiger charge is 2.18. The van der Waals surface area contributed by atoms with Gasteiger partial charge in [0, 0.05) is 17.3 Å². The smallest absolute Gasteiger partial charge is 0.251 e. The third kappa shape index (κ3) is 7.67. The highest BCUT2D eigenvalue weighted by Crippen LogP contribution is 2.19. The number of amides is 2. The quantitative estimate of drug-likeness (QED) is 0.468. The summed E-state index contributed by atoms with van der Waals surface area (Å²) in [7, 11) is 0. The van der Waals surface area contributed by atoms with E-state index in [-0.39, 0.29) is 28.9 Å². The molecule has 0 saturated heterocycles. The molecule has 3 rings (SSSR count). The molecule has 2 aromatic rings. The lowest BCUT2D eigenvalue weighted by Crippen LogP contribution is -2.37. The van der Waals surface area contributed by atoms with Gasteiger partial charge in [0.25, 0.3) is 5.91 Å². The Morgan fingerprint density at radius 1 is 0.939 bits per heavy atom. The molecule has 1 aliphatic carbocycles. The molecular formula is C27H35N3O2S. The molecule has 5 nitrogen and oxygen atoms in total. The second-order valence-electron chi connectivity index (χ2n) is 9.39. The molecule has 0 heterocycles. The largest absolute Gasteiger partial charge is 0.349 e. The van der Waals surface area contributed by atoms with Gasteiger partial charge in [0.15, 0.2) is 5.11 Å². The van der Waals surface area contributed by atoms with Gasteiger partial charge in [-0.15, -0.1) is 0 Å². The first kappa shape index (κ1) is 24.9. The first-order valence-electron chi connectivity index (χ1n) is 11.9. The van der Waals surface area contributed by atoms with E-state index in [1.807, 2.05) is 19.1 Å². The lowest BCUT2D eigenvalue weighted by molar-refractivity contribution is -0.120. The van der Waals surface area contributed by atoms with Gasteiger partial charge in [-0.3, -0.25) is 9.59 Å². The van der Waals surface area contributed by atoms with Crippen molar-refractivity contribution < 1.29 is 9.59 Å². The Hall–Kier alpha value is -2.73. The molecular weight excluding hydrogens is 430 g/mol. The molecule has 1 unspecified atom stereocenters. The van der Waals surface area contributed by atoms with E-state index in [9.17, 15) is 9.59 Å². The number of carbonyl (C=O) groups is 2. The van der Waals surface area contributed by atoms with Gasteiger partial charge in [-0.2, -0.15) is 0 Å². The summed E-state index contributed by atoms with van der Waals surface area (Å²) in [6.45, 7) is 6.25. The zero-order chi connectivity index (χ0) is 23.8. The van der Waals surface area contributed by atoms with Crippen LogP contribution in [0.1, 0.15) is 80.3 Å². The first-order chi connectivity index (χ1) is 15.8. The molecule has 0 aromatic heterocycles. The van der Waals surface area contributed by atoms with Crippen LogP contribution < -0.4 is 16.0 Å². The van der Waals surface area contributed by atoms with Crippen molar-refractivity contribution >= 4 is 34.8 Å². The monoisotopic (exact) mass is 465 g/mol. The van der Waals surface area contributed by atoms with Crippen molar-refractivity contribution in [2.75, 3.05) is 5.32 Å². The van der Waals surface area contributed by atoms with Crippen LogP contribution in [-0.4, -0.2) is 23.0 Å². The van der Waals surface area contributed by atoms with Crippen molar-refractivity contribution in [2.45, 2.75) is 71.3 Å². The topological polar surface area (TPSA) is 70.2 Å². The SMILES string of the molecule is CC(C)Cc1ccc(C(C)C(=O)NC(=S)Nc2ccc(C(=O)NC3CCCCC3)cc2)cc1. The molecule has 1 fully saturated rings. The number of benzene rings is 2. The lowest BCUT2D eigenvalue weighted by atomic mass is 9.95. The standard InChI is InChI=1S/C27H35N3O2S/c1-18(2)17-20-9-11-21(12-10-20)19(3)25(31)30-27(33)29-24-15-13-22(14-16-24)26(32)28-23-7-5-4-6-8-23/h9-16,18-19,23H,4-8,17H2,1-3H3,(H,28,32)(H2,29,30,31,33). The van der Waals surface area contributed by atoms with E-state index in [0.717, 1.165) is 30.5 Å². The van der Waals surface area contributed by atoms with Crippen LogP contribution in [0, 0.1) is 5.92 Å². The van der Waals surface area contributed by atoms with Crippen molar-refractivity contribution in [1.82, 2.24) is 10.6 Å². The van der Waals surface area contributed by atoms with Gasteiger partial charge < -0.3 is 16.0 Å². The number of hydrogen-bond acceptors (Lipinski definition) is 3. The summed E-state index contributed by atoms with van der Waals surface area (Å²) in [5.41, 5.74) is 3.57. The number of nitrogens with one attached hydrogen (secondary N) is 3. The Morgan fingerprint density at radius 2 is 1.58 bits per heavy atom. The second kappa shape index (κ2) is 11.9. The predicted octanol–water partition coefficient (Wildman–Crippen LogP) is 5.56. The van der Waals surface area contributed by atoms with Crippen LogP contribution in [0.15, 0.2) is 48.5 Å². The van der Waals surface area contributed by atoms with E-state index < -0.39 is 0 Å². The third-order valence-corrected chi connectivity index (χ3v) is 6.30. The van der Waals surface area contributed by atoms with E-state index in [2.05, 4.69) is 41.9 Å². The molecule has 0 radical (unpaired) electrons. The molecule has 176 valence electrons. The van der Waals surface area contributed by atoms with Crippen molar-refractivity contribution in [3.63, 3.8) is 0 Å². The second-order valence-corrected chi connectivity index (χ2v) is 9.80. The molecule has 0 spiro atoms. The Labute approximate surface area is 202 Å². The molecule has 1 atom stereocenters. The fourth-order valence-electron chi connectivity index (χ4n) is 4.17. The van der Waals surface area contributed by atoms with E-state index in [1.165, 1.54) is 24.8 Å². The van der Waals surface area contributed by atoms with E-state index in [4.69, 9.17) is 12.2 Å². The van der Waals surface area contributed by atoms with Crippen molar-refractivity contribution in [2.24, 2.45) is 5.92 Å². The highest BCUT2D eigenvalue weighted by molar-refractivity contribution is 7.80. The lowest BCUT2D eigenvalue weighted by Gasteiger charge is -2.22. The summed E-state index contributed by atoms with van der Waals surface area (Å²) in [4.78, 5) is 25.1. The van der Waals surface area contributed by atoms with Gasteiger partial charge in [0.05, 0.1) is 5.92 Å². The molecule has 2 aromatic carbocycles. The van der Waals surface area contributed by atoms with Gasteiger partial charge in [-0.25, -0.2) is 0 Å². The Balaban J connectivity index is 1.49. The van der Waals surface area contributed by atoms with Gasteiger partial charge in [-0.1, -0.05) is 57.4 Å². The number of thiocarbonyl (C=S) groups is 1. The highest BCUT2D eigenvalue weighted by atomic mass is 32.1. The first-order valence-corrected chi connectivity index (χ1v) is 12.3. The Kier molecular flexibility index (Phi) is 9.01. The van der Waals surface area contributed by atoms with Crippen LogP contribution >= 0.6 is 12.2 Å². The summed E-state index contributed by atoms with van der Waals surface area (Å²) in [5.74, 6) is 0.0780. The van der Waals surface area contributed by atoms with Gasteiger partial charge in [0.1, 0.15) is 0 Å². The molecule has 6 heteroatoms. The fourth-order valence-corrected chi connectivity index (χ4v) is 4.39. The summed E-state index contributed by atoms with van der Waals surface area (Å²) in [6, 6.07) is 15.6. The van der Waals surface area contributed by atoms with Crippen LogP contribution in [0.5, 0.6) is 0 Å². The van der Waals surface area contributed by atoms with Crippen LogP contribution in [0.3, 0.4) is 0 Å². The summed E-state index contributed by atoms with van der Waals surface area (Å²) >= 11 is 5.32. The van der Waals surface area contributed by atoms with Gasteiger partial charge in [0.2, 0.25) is 5.91 Å².